The van der Waals surface area contributed by atoms with Gasteiger partial charge in [-0.3, -0.25) is 10.1 Å². The number of methoxy groups -OCH3 is 1. The molecule has 0 aliphatic heterocycles. The number of non-ortho nitro benzene ring substituents is 1. The number of rotatable bonds is 4. The largest absolute Gasteiger partial charge is 0.496 e. The summed E-state index contributed by atoms with van der Waals surface area (Å²) in [4.78, 5) is 20.3. The number of benzene rings is 1. The Labute approximate surface area is 90.9 Å². The molecule has 0 atom stereocenters. The number of primary amides is 1. The number of carbonyl (C=O) groups is 1. The molecule has 1 amide bonds. The summed E-state index contributed by atoms with van der Waals surface area (Å²) in [6, 6.07) is 3.99. The lowest BCUT2D eigenvalue weighted by Gasteiger charge is -2.07. The standard InChI is InChI=1S/C9H10N2O5/c1-15-8-4-7(11(13)14)3-2-6(8)5-16-9(10)12/h2-4H,5H2,1H3,(H2,10,12). The van der Waals surface area contributed by atoms with E-state index in [9.17, 15) is 14.9 Å². The van der Waals surface area contributed by atoms with E-state index in [1.807, 2.05) is 0 Å². The van der Waals surface area contributed by atoms with Crippen LogP contribution in [0.15, 0.2) is 18.2 Å². The highest BCUT2D eigenvalue weighted by molar-refractivity contribution is 5.64. The first-order valence-electron chi connectivity index (χ1n) is 4.28. The first kappa shape index (κ1) is 11.8. The lowest BCUT2D eigenvalue weighted by Crippen LogP contribution is -2.13. The molecule has 0 saturated carbocycles. The van der Waals surface area contributed by atoms with Gasteiger partial charge >= 0.3 is 6.09 Å². The van der Waals surface area contributed by atoms with Gasteiger partial charge in [0.05, 0.1) is 18.1 Å². The van der Waals surface area contributed by atoms with E-state index in [2.05, 4.69) is 4.74 Å². The average molecular weight is 226 g/mol. The normalized spacial score (nSPS) is 9.56. The van der Waals surface area contributed by atoms with Crippen LogP contribution in [0.25, 0.3) is 0 Å². The summed E-state index contributed by atoms with van der Waals surface area (Å²) in [6.45, 7) is -0.0868. The average Bonchev–Trinajstić information content (AvgIpc) is 2.25. The predicted octanol–water partition coefficient (Wildman–Crippen LogP) is 1.20. The van der Waals surface area contributed by atoms with E-state index < -0.39 is 11.0 Å². The van der Waals surface area contributed by atoms with Gasteiger partial charge in [0.25, 0.3) is 5.69 Å². The zero-order valence-corrected chi connectivity index (χ0v) is 8.50. The van der Waals surface area contributed by atoms with Crippen LogP contribution in [0.1, 0.15) is 5.56 Å². The Morgan fingerprint density at radius 1 is 1.56 bits per heavy atom. The quantitative estimate of drug-likeness (QED) is 0.613. The Balaban J connectivity index is 2.93. The molecule has 0 radical (unpaired) electrons. The van der Waals surface area contributed by atoms with E-state index >= 15 is 0 Å². The van der Waals surface area contributed by atoms with Gasteiger partial charge in [-0.05, 0) is 6.07 Å². The molecule has 1 aromatic carbocycles. The Bertz CT molecular complexity index is 418. The Hall–Kier alpha value is -2.31. The van der Waals surface area contributed by atoms with Gasteiger partial charge in [-0.25, -0.2) is 4.79 Å². The molecule has 0 spiro atoms. The van der Waals surface area contributed by atoms with E-state index in [1.54, 1.807) is 0 Å². The Morgan fingerprint density at radius 2 is 2.25 bits per heavy atom. The number of nitro benzene ring substituents is 1. The number of nitrogens with two attached hydrogens (primary N) is 1. The van der Waals surface area contributed by atoms with Gasteiger partial charge in [-0.15, -0.1) is 0 Å². The number of nitro groups is 1. The van der Waals surface area contributed by atoms with Crippen LogP contribution >= 0.6 is 0 Å². The third kappa shape index (κ3) is 2.84. The zero-order valence-electron chi connectivity index (χ0n) is 8.50. The van der Waals surface area contributed by atoms with E-state index in [-0.39, 0.29) is 18.0 Å². The summed E-state index contributed by atoms with van der Waals surface area (Å²) in [5, 5.41) is 10.5. The lowest BCUT2D eigenvalue weighted by atomic mass is 10.2. The zero-order chi connectivity index (χ0) is 12.1. The van der Waals surface area contributed by atoms with Crippen LogP contribution in [-0.4, -0.2) is 18.1 Å². The SMILES string of the molecule is COc1cc([N+](=O)[O-])ccc1COC(N)=O. The first-order valence-corrected chi connectivity index (χ1v) is 4.28. The lowest BCUT2D eigenvalue weighted by molar-refractivity contribution is -0.384. The highest BCUT2D eigenvalue weighted by Gasteiger charge is 2.11. The van der Waals surface area contributed by atoms with Crippen molar-refractivity contribution in [3.8, 4) is 5.75 Å². The second-order valence-electron chi connectivity index (χ2n) is 2.86. The topological polar surface area (TPSA) is 105 Å². The molecule has 0 bridgehead atoms. The maximum absolute atomic E-state index is 10.5. The van der Waals surface area contributed by atoms with Gasteiger partial charge in [0, 0.05) is 11.6 Å². The number of ether oxygens (including phenoxy) is 2. The van der Waals surface area contributed by atoms with Crippen molar-refractivity contribution >= 4 is 11.8 Å². The van der Waals surface area contributed by atoms with Crippen molar-refractivity contribution < 1.29 is 19.2 Å². The van der Waals surface area contributed by atoms with Crippen LogP contribution in [0.2, 0.25) is 0 Å². The third-order valence-electron chi connectivity index (χ3n) is 1.85. The third-order valence-corrected chi connectivity index (χ3v) is 1.85. The van der Waals surface area contributed by atoms with Crippen LogP contribution in [0.5, 0.6) is 5.75 Å². The number of amides is 1. The fourth-order valence-corrected chi connectivity index (χ4v) is 1.11. The van der Waals surface area contributed by atoms with E-state index in [4.69, 9.17) is 10.5 Å². The number of hydrogen-bond acceptors (Lipinski definition) is 5. The molecule has 0 heterocycles. The minimum absolute atomic E-state index is 0.0868. The van der Waals surface area contributed by atoms with Gasteiger partial charge in [0.1, 0.15) is 12.4 Å². The molecule has 0 unspecified atom stereocenters. The number of nitrogens with zero attached hydrogens (tertiary/aromatic N) is 1. The molecule has 2 N–H and O–H groups in total. The highest BCUT2D eigenvalue weighted by atomic mass is 16.6. The van der Waals surface area contributed by atoms with Gasteiger partial charge in [-0.1, -0.05) is 0 Å². The predicted molar refractivity (Wildman–Crippen MR) is 54.0 cm³/mol. The summed E-state index contributed by atoms with van der Waals surface area (Å²) >= 11 is 0. The minimum atomic E-state index is -0.916. The van der Waals surface area contributed by atoms with Gasteiger partial charge < -0.3 is 15.2 Å². The second-order valence-corrected chi connectivity index (χ2v) is 2.86. The smallest absolute Gasteiger partial charge is 0.404 e. The highest BCUT2D eigenvalue weighted by Crippen LogP contribution is 2.24. The molecular formula is C9H10N2O5. The molecule has 86 valence electrons. The summed E-state index contributed by atoms with van der Waals surface area (Å²) in [5.41, 5.74) is 5.21. The van der Waals surface area contributed by atoms with Gasteiger partial charge in [0.15, 0.2) is 0 Å². The molecule has 0 aliphatic carbocycles. The van der Waals surface area contributed by atoms with E-state index in [0.29, 0.717) is 5.56 Å². The first-order chi connectivity index (χ1) is 7.54. The summed E-state index contributed by atoms with van der Waals surface area (Å²) < 4.78 is 9.49. The van der Waals surface area contributed by atoms with Crippen molar-refractivity contribution in [1.29, 1.82) is 0 Å². The maximum atomic E-state index is 10.5. The van der Waals surface area contributed by atoms with Crippen molar-refractivity contribution in [2.45, 2.75) is 6.61 Å². The van der Waals surface area contributed by atoms with Crippen LogP contribution in [0.3, 0.4) is 0 Å². The molecular weight excluding hydrogens is 216 g/mol. The summed E-state index contributed by atoms with van der Waals surface area (Å²) in [5.74, 6) is 0.274. The summed E-state index contributed by atoms with van der Waals surface area (Å²) in [7, 11) is 1.37. The van der Waals surface area contributed by atoms with Crippen molar-refractivity contribution in [2.75, 3.05) is 7.11 Å². The molecule has 0 aliphatic rings. The number of carbonyl (C=O) groups excluding carboxylic acids is 1. The van der Waals surface area contributed by atoms with Crippen molar-refractivity contribution in [2.24, 2.45) is 5.73 Å². The molecule has 1 rings (SSSR count). The van der Waals surface area contributed by atoms with Crippen molar-refractivity contribution in [3.63, 3.8) is 0 Å². The fraction of sp³-hybridized carbons (Fsp3) is 0.222. The van der Waals surface area contributed by atoms with Crippen LogP contribution in [0, 0.1) is 10.1 Å². The Kier molecular flexibility index (Phi) is 3.65. The Morgan fingerprint density at radius 3 is 2.75 bits per heavy atom. The number of hydrogen-bond donors (Lipinski definition) is 1. The van der Waals surface area contributed by atoms with Crippen LogP contribution in [-0.2, 0) is 11.3 Å². The molecule has 0 aromatic heterocycles. The van der Waals surface area contributed by atoms with Crippen LogP contribution in [0.4, 0.5) is 10.5 Å². The molecule has 0 saturated heterocycles. The molecule has 7 nitrogen and oxygen atoms in total. The van der Waals surface area contributed by atoms with Gasteiger partial charge in [-0.2, -0.15) is 0 Å². The molecule has 1 aromatic rings. The molecule has 7 heteroatoms. The molecule has 0 fully saturated rings. The van der Waals surface area contributed by atoms with Crippen molar-refractivity contribution in [3.05, 3.63) is 33.9 Å². The fourth-order valence-electron chi connectivity index (χ4n) is 1.11. The summed E-state index contributed by atoms with van der Waals surface area (Å²) in [6.07, 6.45) is -0.916. The van der Waals surface area contributed by atoms with E-state index in [0.717, 1.165) is 0 Å². The van der Waals surface area contributed by atoms with Crippen LogP contribution < -0.4 is 10.5 Å². The monoisotopic (exact) mass is 226 g/mol. The van der Waals surface area contributed by atoms with Gasteiger partial charge in [0.2, 0.25) is 0 Å². The molecule has 16 heavy (non-hydrogen) atoms. The van der Waals surface area contributed by atoms with E-state index in [1.165, 1.54) is 25.3 Å². The maximum Gasteiger partial charge on any atom is 0.404 e. The minimum Gasteiger partial charge on any atom is -0.496 e. The van der Waals surface area contributed by atoms with Crippen molar-refractivity contribution in [1.82, 2.24) is 0 Å². The second kappa shape index (κ2) is 4.96.